The summed E-state index contributed by atoms with van der Waals surface area (Å²) in [4.78, 5) is 0. The number of hydrogen-bond acceptors (Lipinski definition) is 0. The van der Waals surface area contributed by atoms with E-state index in [0.29, 0.717) is 8.65 Å². The molecular formula is C14H28Br2. The van der Waals surface area contributed by atoms with Crippen LogP contribution in [-0.2, 0) is 0 Å². The largest absolute Gasteiger partial charge is 0.0856 e. The molecule has 0 N–H and O–H groups in total. The molecule has 0 aliphatic heterocycles. The monoisotopic (exact) mass is 354 g/mol. The Morgan fingerprint density at radius 2 is 1.00 bits per heavy atom. The zero-order valence-electron chi connectivity index (χ0n) is 11.4. The topological polar surface area (TPSA) is 0 Å². The molecule has 0 aromatic rings. The lowest BCUT2D eigenvalue weighted by Crippen LogP contribution is -2.23. The van der Waals surface area contributed by atoms with E-state index in [-0.39, 0.29) is 0 Å². The highest BCUT2D eigenvalue weighted by molar-refractivity contribution is 9.10. The Morgan fingerprint density at radius 1 is 0.688 bits per heavy atom. The van der Waals surface area contributed by atoms with Crippen molar-refractivity contribution in [2.24, 2.45) is 0 Å². The minimum Gasteiger partial charge on any atom is -0.0856 e. The maximum atomic E-state index is 3.88. The molecule has 2 heteroatoms. The van der Waals surface area contributed by atoms with Gasteiger partial charge in [-0.25, -0.2) is 0 Å². The Bertz CT molecular complexity index is 154. The van der Waals surface area contributed by atoms with Crippen LogP contribution in [0.2, 0.25) is 0 Å². The minimum absolute atomic E-state index is 0.338. The van der Waals surface area contributed by atoms with Gasteiger partial charge in [0.15, 0.2) is 0 Å². The SMILES string of the molecule is CCCCC(C)(Br)CCC(C)(Br)CCCC. The second-order valence-corrected chi connectivity index (χ2v) is 9.36. The van der Waals surface area contributed by atoms with E-state index in [4.69, 9.17) is 0 Å². The maximum Gasteiger partial charge on any atom is 0.0230 e. The zero-order valence-corrected chi connectivity index (χ0v) is 14.6. The molecule has 0 bridgehead atoms. The number of hydrogen-bond donors (Lipinski definition) is 0. The molecular weight excluding hydrogens is 328 g/mol. The Kier molecular flexibility index (Phi) is 8.62. The van der Waals surface area contributed by atoms with Crippen LogP contribution < -0.4 is 0 Å². The fourth-order valence-electron chi connectivity index (χ4n) is 1.86. The van der Waals surface area contributed by atoms with E-state index in [1.54, 1.807) is 0 Å². The van der Waals surface area contributed by atoms with Crippen molar-refractivity contribution < 1.29 is 0 Å². The highest BCUT2D eigenvalue weighted by Gasteiger charge is 2.26. The van der Waals surface area contributed by atoms with E-state index in [2.05, 4.69) is 59.6 Å². The molecule has 0 fully saturated rings. The quantitative estimate of drug-likeness (QED) is 0.416. The Labute approximate surface area is 119 Å². The molecule has 0 aromatic carbocycles. The molecule has 2 unspecified atom stereocenters. The van der Waals surface area contributed by atoms with Crippen LogP contribution in [0.15, 0.2) is 0 Å². The van der Waals surface area contributed by atoms with Crippen molar-refractivity contribution in [3.05, 3.63) is 0 Å². The summed E-state index contributed by atoms with van der Waals surface area (Å²) in [6.07, 6.45) is 10.4. The highest BCUT2D eigenvalue weighted by atomic mass is 79.9. The maximum absolute atomic E-state index is 3.88. The van der Waals surface area contributed by atoms with Crippen LogP contribution in [0.1, 0.15) is 79.1 Å². The molecule has 0 radical (unpaired) electrons. The van der Waals surface area contributed by atoms with Crippen LogP contribution in [0.3, 0.4) is 0 Å². The summed E-state index contributed by atoms with van der Waals surface area (Å²) in [7, 11) is 0. The first-order valence-electron chi connectivity index (χ1n) is 6.71. The Balaban J connectivity index is 3.91. The third kappa shape index (κ3) is 9.04. The molecule has 0 aromatic heterocycles. The predicted octanol–water partition coefficient (Wildman–Crippen LogP) is 6.45. The summed E-state index contributed by atoms with van der Waals surface area (Å²) >= 11 is 7.77. The molecule has 0 heterocycles. The fourth-order valence-corrected chi connectivity index (χ4v) is 2.82. The third-order valence-electron chi connectivity index (χ3n) is 3.27. The Hall–Kier alpha value is 0.960. The van der Waals surface area contributed by atoms with E-state index in [1.807, 2.05) is 0 Å². The summed E-state index contributed by atoms with van der Waals surface area (Å²) < 4.78 is 0.675. The lowest BCUT2D eigenvalue weighted by Gasteiger charge is -2.28. The standard InChI is InChI=1S/C14H28Br2/c1-5-7-9-13(3,15)11-12-14(4,16)10-8-6-2/h5-12H2,1-4H3. The van der Waals surface area contributed by atoms with Crippen molar-refractivity contribution in [1.82, 2.24) is 0 Å². The molecule has 0 spiro atoms. The summed E-state index contributed by atoms with van der Waals surface area (Å²) in [5.74, 6) is 0. The van der Waals surface area contributed by atoms with E-state index in [9.17, 15) is 0 Å². The molecule has 98 valence electrons. The van der Waals surface area contributed by atoms with Gasteiger partial charge in [-0.1, -0.05) is 71.4 Å². The average Bonchev–Trinajstić information content (AvgIpc) is 2.22. The van der Waals surface area contributed by atoms with Crippen molar-refractivity contribution in [3.8, 4) is 0 Å². The Morgan fingerprint density at radius 3 is 1.25 bits per heavy atom. The van der Waals surface area contributed by atoms with Crippen molar-refractivity contribution in [2.45, 2.75) is 87.7 Å². The lowest BCUT2D eigenvalue weighted by atomic mass is 9.91. The predicted molar refractivity (Wildman–Crippen MR) is 82.9 cm³/mol. The first-order valence-corrected chi connectivity index (χ1v) is 8.29. The molecule has 2 atom stereocenters. The van der Waals surface area contributed by atoms with Crippen LogP contribution in [0.4, 0.5) is 0 Å². The van der Waals surface area contributed by atoms with Gasteiger partial charge >= 0.3 is 0 Å². The highest BCUT2D eigenvalue weighted by Crippen LogP contribution is 2.37. The number of unbranched alkanes of at least 4 members (excludes halogenated alkanes) is 2. The van der Waals surface area contributed by atoms with E-state index < -0.39 is 0 Å². The summed E-state index contributed by atoms with van der Waals surface area (Å²) in [5, 5.41) is 0. The van der Waals surface area contributed by atoms with Gasteiger partial charge in [0, 0.05) is 8.65 Å². The van der Waals surface area contributed by atoms with Gasteiger partial charge in [-0.05, 0) is 39.5 Å². The van der Waals surface area contributed by atoms with Crippen molar-refractivity contribution in [1.29, 1.82) is 0 Å². The van der Waals surface area contributed by atoms with Crippen LogP contribution >= 0.6 is 31.9 Å². The second-order valence-electron chi connectivity index (χ2n) is 5.53. The minimum atomic E-state index is 0.338. The van der Waals surface area contributed by atoms with Crippen molar-refractivity contribution >= 4 is 31.9 Å². The summed E-state index contributed by atoms with van der Waals surface area (Å²) in [5.41, 5.74) is 0. The first-order chi connectivity index (χ1) is 7.33. The molecule has 0 rings (SSSR count). The van der Waals surface area contributed by atoms with E-state index >= 15 is 0 Å². The zero-order chi connectivity index (χ0) is 12.7. The molecule has 16 heavy (non-hydrogen) atoms. The summed E-state index contributed by atoms with van der Waals surface area (Å²) in [6.45, 7) is 9.20. The van der Waals surface area contributed by atoms with Gasteiger partial charge < -0.3 is 0 Å². The van der Waals surface area contributed by atoms with Crippen LogP contribution in [0.5, 0.6) is 0 Å². The van der Waals surface area contributed by atoms with Gasteiger partial charge in [-0.2, -0.15) is 0 Å². The second kappa shape index (κ2) is 8.13. The van der Waals surface area contributed by atoms with E-state index in [1.165, 1.54) is 51.4 Å². The first kappa shape index (κ1) is 17.0. The van der Waals surface area contributed by atoms with Crippen molar-refractivity contribution in [3.63, 3.8) is 0 Å². The lowest BCUT2D eigenvalue weighted by molar-refractivity contribution is 0.446. The van der Waals surface area contributed by atoms with Gasteiger partial charge in [0.25, 0.3) is 0 Å². The smallest absolute Gasteiger partial charge is 0.0230 e. The molecule has 0 aliphatic rings. The van der Waals surface area contributed by atoms with Gasteiger partial charge in [0.05, 0.1) is 0 Å². The fraction of sp³-hybridized carbons (Fsp3) is 1.00. The normalized spacial score (nSPS) is 19.1. The molecule has 0 nitrogen and oxygen atoms in total. The van der Waals surface area contributed by atoms with Gasteiger partial charge in [0.1, 0.15) is 0 Å². The number of halogens is 2. The molecule has 0 amide bonds. The number of rotatable bonds is 9. The van der Waals surface area contributed by atoms with Gasteiger partial charge in [-0.3, -0.25) is 0 Å². The van der Waals surface area contributed by atoms with Gasteiger partial charge in [0.2, 0.25) is 0 Å². The molecule has 0 saturated carbocycles. The van der Waals surface area contributed by atoms with E-state index in [0.717, 1.165) is 0 Å². The van der Waals surface area contributed by atoms with Crippen LogP contribution in [0, 0.1) is 0 Å². The molecule has 0 aliphatic carbocycles. The summed E-state index contributed by atoms with van der Waals surface area (Å²) in [6, 6.07) is 0. The van der Waals surface area contributed by atoms with Gasteiger partial charge in [-0.15, -0.1) is 0 Å². The number of alkyl halides is 2. The van der Waals surface area contributed by atoms with Crippen molar-refractivity contribution in [2.75, 3.05) is 0 Å². The third-order valence-corrected chi connectivity index (χ3v) is 4.86. The van der Waals surface area contributed by atoms with Crippen LogP contribution in [-0.4, -0.2) is 8.65 Å². The van der Waals surface area contributed by atoms with Crippen LogP contribution in [0.25, 0.3) is 0 Å². The average molecular weight is 356 g/mol. The molecule has 0 saturated heterocycles.